The predicted octanol–water partition coefficient (Wildman–Crippen LogP) is 2.33. The largest absolute Gasteiger partial charge is 0.445 e. The zero-order valence-electron chi connectivity index (χ0n) is 14.1. The Hall–Kier alpha value is -1.95. The topological polar surface area (TPSA) is 64.2 Å². The molecule has 2 aliphatic rings. The summed E-state index contributed by atoms with van der Waals surface area (Å²) in [6, 6.07) is 3.58. The number of piperidine rings is 1. The standard InChI is InChI=1S/C18H24N4O2/c1-13-10-19-17(24-13)12-21-8-6-14(7-9-21)11-22-18(23)5-4-16(20-22)15-2-3-15/h4-5,10,14-15H,2-3,6-9,11-12H2,1H3. The number of hydrogen-bond acceptors (Lipinski definition) is 5. The molecule has 4 rings (SSSR count). The molecule has 1 aliphatic carbocycles. The van der Waals surface area contributed by atoms with Crippen LogP contribution in [-0.2, 0) is 13.1 Å². The van der Waals surface area contributed by atoms with E-state index in [2.05, 4.69) is 15.0 Å². The molecule has 128 valence electrons. The highest BCUT2D eigenvalue weighted by atomic mass is 16.4. The molecule has 0 atom stereocenters. The number of oxazole rings is 1. The second-order valence-corrected chi connectivity index (χ2v) is 7.14. The molecule has 0 aromatic carbocycles. The van der Waals surface area contributed by atoms with Gasteiger partial charge in [-0.25, -0.2) is 9.67 Å². The monoisotopic (exact) mass is 328 g/mol. The summed E-state index contributed by atoms with van der Waals surface area (Å²) in [4.78, 5) is 18.7. The SMILES string of the molecule is Cc1cnc(CN2CCC(Cn3nc(C4CC4)ccc3=O)CC2)o1. The van der Waals surface area contributed by atoms with Crippen molar-refractivity contribution in [2.45, 2.75) is 51.6 Å². The fraction of sp³-hybridized carbons (Fsp3) is 0.611. The van der Waals surface area contributed by atoms with Crippen molar-refractivity contribution in [2.75, 3.05) is 13.1 Å². The number of hydrogen-bond donors (Lipinski definition) is 0. The molecule has 2 aromatic rings. The van der Waals surface area contributed by atoms with Crippen molar-refractivity contribution in [3.8, 4) is 0 Å². The van der Waals surface area contributed by atoms with E-state index in [1.165, 1.54) is 12.8 Å². The molecule has 3 heterocycles. The van der Waals surface area contributed by atoms with Gasteiger partial charge in [-0.1, -0.05) is 0 Å². The molecule has 0 N–H and O–H groups in total. The van der Waals surface area contributed by atoms with E-state index in [-0.39, 0.29) is 5.56 Å². The molecule has 2 aromatic heterocycles. The molecule has 6 nitrogen and oxygen atoms in total. The summed E-state index contributed by atoms with van der Waals surface area (Å²) in [7, 11) is 0. The Balaban J connectivity index is 1.33. The molecule has 1 saturated carbocycles. The number of nitrogens with zero attached hydrogens (tertiary/aromatic N) is 4. The second kappa shape index (κ2) is 6.51. The molecule has 2 fully saturated rings. The smallest absolute Gasteiger partial charge is 0.266 e. The zero-order valence-corrected chi connectivity index (χ0v) is 14.1. The lowest BCUT2D eigenvalue weighted by atomic mass is 9.97. The Kier molecular flexibility index (Phi) is 4.22. The molecule has 1 saturated heterocycles. The number of likely N-dealkylation sites (tertiary alicyclic amines) is 1. The van der Waals surface area contributed by atoms with Crippen molar-refractivity contribution >= 4 is 0 Å². The highest BCUT2D eigenvalue weighted by molar-refractivity contribution is 5.12. The van der Waals surface area contributed by atoms with Gasteiger partial charge in [-0.2, -0.15) is 5.10 Å². The maximum absolute atomic E-state index is 12.1. The van der Waals surface area contributed by atoms with Gasteiger partial charge in [0, 0.05) is 18.5 Å². The molecule has 0 unspecified atom stereocenters. The lowest BCUT2D eigenvalue weighted by Gasteiger charge is -2.31. The van der Waals surface area contributed by atoms with Crippen LogP contribution >= 0.6 is 0 Å². The fourth-order valence-corrected chi connectivity index (χ4v) is 3.43. The van der Waals surface area contributed by atoms with Crippen LogP contribution in [0.4, 0.5) is 0 Å². The molecule has 24 heavy (non-hydrogen) atoms. The Morgan fingerprint density at radius 3 is 2.67 bits per heavy atom. The second-order valence-electron chi connectivity index (χ2n) is 7.14. The first-order valence-electron chi connectivity index (χ1n) is 8.89. The summed E-state index contributed by atoms with van der Waals surface area (Å²) < 4.78 is 7.24. The van der Waals surface area contributed by atoms with Crippen LogP contribution in [0.2, 0.25) is 0 Å². The first kappa shape index (κ1) is 15.6. The average Bonchev–Trinajstić information content (AvgIpc) is 3.35. The molecule has 0 radical (unpaired) electrons. The van der Waals surface area contributed by atoms with Gasteiger partial charge in [0.25, 0.3) is 5.56 Å². The third-order valence-corrected chi connectivity index (χ3v) is 5.05. The van der Waals surface area contributed by atoms with Crippen LogP contribution in [0.3, 0.4) is 0 Å². The predicted molar refractivity (Wildman–Crippen MR) is 89.7 cm³/mol. The normalized spacial score (nSPS) is 19.7. The Labute approximate surface area is 141 Å². The highest BCUT2D eigenvalue weighted by Crippen LogP contribution is 2.38. The summed E-state index contributed by atoms with van der Waals surface area (Å²) in [5.74, 6) is 2.76. The molecule has 0 amide bonds. The Morgan fingerprint density at radius 1 is 1.21 bits per heavy atom. The van der Waals surface area contributed by atoms with Crippen molar-refractivity contribution in [3.63, 3.8) is 0 Å². The first-order chi connectivity index (χ1) is 11.7. The molecule has 0 bridgehead atoms. The van der Waals surface area contributed by atoms with Crippen LogP contribution in [0.25, 0.3) is 0 Å². The van der Waals surface area contributed by atoms with Gasteiger partial charge in [0.15, 0.2) is 0 Å². The molecule has 1 aliphatic heterocycles. The molecular formula is C18H24N4O2. The maximum Gasteiger partial charge on any atom is 0.266 e. The third-order valence-electron chi connectivity index (χ3n) is 5.05. The van der Waals surface area contributed by atoms with Crippen LogP contribution in [0.5, 0.6) is 0 Å². The number of rotatable bonds is 5. The Bertz CT molecular complexity index is 754. The minimum Gasteiger partial charge on any atom is -0.445 e. The van der Waals surface area contributed by atoms with Gasteiger partial charge in [-0.15, -0.1) is 0 Å². The highest BCUT2D eigenvalue weighted by Gasteiger charge is 2.26. The third kappa shape index (κ3) is 3.59. The lowest BCUT2D eigenvalue weighted by Crippen LogP contribution is -2.36. The van der Waals surface area contributed by atoms with E-state index in [4.69, 9.17) is 4.42 Å². The van der Waals surface area contributed by atoms with Gasteiger partial charge in [0.05, 0.1) is 18.4 Å². The molecule has 0 spiro atoms. The van der Waals surface area contributed by atoms with Gasteiger partial charge < -0.3 is 4.42 Å². The van der Waals surface area contributed by atoms with Gasteiger partial charge in [0.2, 0.25) is 5.89 Å². The molecular weight excluding hydrogens is 304 g/mol. The average molecular weight is 328 g/mol. The van der Waals surface area contributed by atoms with Gasteiger partial charge in [0.1, 0.15) is 5.76 Å². The molecule has 6 heteroatoms. The van der Waals surface area contributed by atoms with Crippen molar-refractivity contribution in [1.29, 1.82) is 0 Å². The summed E-state index contributed by atoms with van der Waals surface area (Å²) in [6.07, 6.45) is 6.36. The van der Waals surface area contributed by atoms with E-state index in [1.807, 2.05) is 13.0 Å². The van der Waals surface area contributed by atoms with E-state index in [1.54, 1.807) is 16.9 Å². The minimum atomic E-state index is 0.0251. The van der Waals surface area contributed by atoms with Crippen molar-refractivity contribution in [3.05, 3.63) is 46.0 Å². The van der Waals surface area contributed by atoms with E-state index < -0.39 is 0 Å². The van der Waals surface area contributed by atoms with Gasteiger partial charge in [-0.3, -0.25) is 9.69 Å². The lowest BCUT2D eigenvalue weighted by molar-refractivity contribution is 0.151. The van der Waals surface area contributed by atoms with Crippen LogP contribution in [0.15, 0.2) is 27.5 Å². The van der Waals surface area contributed by atoms with Crippen LogP contribution in [-0.4, -0.2) is 32.8 Å². The fourth-order valence-electron chi connectivity index (χ4n) is 3.43. The van der Waals surface area contributed by atoms with Gasteiger partial charge in [-0.05, 0) is 57.7 Å². The number of aromatic nitrogens is 3. The van der Waals surface area contributed by atoms with Crippen LogP contribution < -0.4 is 5.56 Å². The van der Waals surface area contributed by atoms with Gasteiger partial charge >= 0.3 is 0 Å². The van der Waals surface area contributed by atoms with E-state index in [9.17, 15) is 4.79 Å². The van der Waals surface area contributed by atoms with Crippen LogP contribution in [0, 0.1) is 12.8 Å². The summed E-state index contributed by atoms with van der Waals surface area (Å²) in [5.41, 5.74) is 1.11. The Morgan fingerprint density at radius 2 is 2.00 bits per heavy atom. The van der Waals surface area contributed by atoms with E-state index in [0.717, 1.165) is 56.4 Å². The summed E-state index contributed by atoms with van der Waals surface area (Å²) in [6.45, 7) is 5.47. The number of aryl methyl sites for hydroxylation is 1. The van der Waals surface area contributed by atoms with E-state index in [0.29, 0.717) is 11.8 Å². The van der Waals surface area contributed by atoms with Crippen molar-refractivity contribution in [1.82, 2.24) is 19.7 Å². The maximum atomic E-state index is 12.1. The quantitative estimate of drug-likeness (QED) is 0.843. The van der Waals surface area contributed by atoms with Crippen molar-refractivity contribution in [2.24, 2.45) is 5.92 Å². The van der Waals surface area contributed by atoms with E-state index >= 15 is 0 Å². The summed E-state index contributed by atoms with van der Waals surface area (Å²) >= 11 is 0. The first-order valence-corrected chi connectivity index (χ1v) is 8.89. The van der Waals surface area contributed by atoms with Crippen LogP contribution in [0.1, 0.15) is 48.9 Å². The minimum absolute atomic E-state index is 0.0251. The van der Waals surface area contributed by atoms with Crippen molar-refractivity contribution < 1.29 is 4.42 Å². The zero-order chi connectivity index (χ0) is 16.5. The summed E-state index contributed by atoms with van der Waals surface area (Å²) in [5, 5.41) is 4.58.